The summed E-state index contributed by atoms with van der Waals surface area (Å²) in [4.78, 5) is 13.6. The molecule has 88 valence electrons. The van der Waals surface area contributed by atoms with Gasteiger partial charge < -0.3 is 11.1 Å². The summed E-state index contributed by atoms with van der Waals surface area (Å²) in [5.41, 5.74) is 5.97. The van der Waals surface area contributed by atoms with Gasteiger partial charge in [-0.1, -0.05) is 13.8 Å². The van der Waals surface area contributed by atoms with Crippen LogP contribution in [0.25, 0.3) is 0 Å². The average Bonchev–Trinajstić information content (AvgIpc) is 2.20. The third kappa shape index (κ3) is 4.18. The number of nitrogens with one attached hydrogen (secondary N) is 1. The average molecular weight is 213 g/mol. The first-order valence-corrected chi connectivity index (χ1v) is 5.88. The van der Waals surface area contributed by atoms with Gasteiger partial charge in [-0.25, -0.2) is 0 Å². The van der Waals surface area contributed by atoms with Crippen molar-refractivity contribution in [3.05, 3.63) is 0 Å². The minimum absolute atomic E-state index is 0.124. The summed E-state index contributed by atoms with van der Waals surface area (Å²) in [6.45, 7) is 7.35. The van der Waals surface area contributed by atoms with Crippen molar-refractivity contribution in [2.45, 2.75) is 32.7 Å². The van der Waals surface area contributed by atoms with Crippen LogP contribution in [0.4, 0.5) is 0 Å². The van der Waals surface area contributed by atoms with Gasteiger partial charge in [-0.15, -0.1) is 0 Å². The molecule has 1 aliphatic rings. The van der Waals surface area contributed by atoms with E-state index < -0.39 is 0 Å². The summed E-state index contributed by atoms with van der Waals surface area (Å²) in [6.07, 6.45) is 2.09. The largest absolute Gasteiger partial charge is 0.355 e. The van der Waals surface area contributed by atoms with Crippen LogP contribution < -0.4 is 11.1 Å². The van der Waals surface area contributed by atoms with Gasteiger partial charge in [0.1, 0.15) is 0 Å². The van der Waals surface area contributed by atoms with E-state index in [9.17, 15) is 4.79 Å². The Morgan fingerprint density at radius 3 is 2.93 bits per heavy atom. The lowest BCUT2D eigenvalue weighted by atomic mass is 9.94. The van der Waals surface area contributed by atoms with Crippen molar-refractivity contribution >= 4 is 5.91 Å². The number of rotatable bonds is 4. The van der Waals surface area contributed by atoms with Crippen LogP contribution in [0.15, 0.2) is 0 Å². The number of likely N-dealkylation sites (tertiary alicyclic amines) is 1. The Bertz CT molecular complexity index is 208. The number of hydrogen-bond donors (Lipinski definition) is 2. The number of carbonyl (C=O) groups excluding carboxylic acids is 1. The minimum Gasteiger partial charge on any atom is -0.355 e. The van der Waals surface area contributed by atoms with E-state index >= 15 is 0 Å². The molecule has 1 rings (SSSR count). The van der Waals surface area contributed by atoms with Gasteiger partial charge in [-0.3, -0.25) is 9.69 Å². The number of nitrogens with two attached hydrogens (primary N) is 1. The first-order valence-electron chi connectivity index (χ1n) is 5.88. The molecule has 0 spiro atoms. The highest BCUT2D eigenvalue weighted by Gasteiger charge is 2.23. The molecule has 0 aromatic carbocycles. The lowest BCUT2D eigenvalue weighted by molar-refractivity contribution is -0.122. The normalized spacial score (nSPS) is 27.7. The molecule has 1 aliphatic heterocycles. The zero-order chi connectivity index (χ0) is 11.3. The summed E-state index contributed by atoms with van der Waals surface area (Å²) in [6, 6.07) is 0.220. The number of carbonyl (C=O) groups is 1. The second kappa shape index (κ2) is 6.08. The summed E-state index contributed by atoms with van der Waals surface area (Å²) in [7, 11) is 0. The van der Waals surface area contributed by atoms with E-state index in [-0.39, 0.29) is 11.9 Å². The van der Waals surface area contributed by atoms with Crippen molar-refractivity contribution in [2.24, 2.45) is 11.7 Å². The maximum atomic E-state index is 11.5. The maximum absolute atomic E-state index is 11.5. The molecular formula is C11H23N3O. The lowest BCUT2D eigenvalue weighted by Gasteiger charge is -2.34. The highest BCUT2D eigenvalue weighted by atomic mass is 16.2. The fourth-order valence-corrected chi connectivity index (χ4v) is 1.84. The second-order valence-corrected chi connectivity index (χ2v) is 4.51. The van der Waals surface area contributed by atoms with Crippen LogP contribution >= 0.6 is 0 Å². The summed E-state index contributed by atoms with van der Waals surface area (Å²) < 4.78 is 0. The zero-order valence-electron chi connectivity index (χ0n) is 9.83. The van der Waals surface area contributed by atoms with Gasteiger partial charge in [0.15, 0.2) is 0 Å². The van der Waals surface area contributed by atoms with Crippen molar-refractivity contribution in [3.63, 3.8) is 0 Å². The second-order valence-electron chi connectivity index (χ2n) is 4.51. The molecule has 0 aromatic heterocycles. The van der Waals surface area contributed by atoms with E-state index in [1.165, 1.54) is 0 Å². The van der Waals surface area contributed by atoms with Crippen molar-refractivity contribution in [2.75, 3.05) is 26.2 Å². The standard InChI is InChI=1S/C11H23N3O/c1-3-5-13-11(15)8-14-6-4-9(2)10(12)7-14/h9-10H,3-8,12H2,1-2H3,(H,13,15). The lowest BCUT2D eigenvalue weighted by Crippen LogP contribution is -2.50. The van der Waals surface area contributed by atoms with Crippen molar-refractivity contribution < 1.29 is 4.79 Å². The highest BCUT2D eigenvalue weighted by Crippen LogP contribution is 2.14. The van der Waals surface area contributed by atoms with E-state index in [1.807, 2.05) is 0 Å². The highest BCUT2D eigenvalue weighted by molar-refractivity contribution is 5.77. The first-order chi connectivity index (χ1) is 7.13. The Labute approximate surface area is 92.2 Å². The molecule has 0 aliphatic carbocycles. The van der Waals surface area contributed by atoms with Crippen LogP contribution in [0.2, 0.25) is 0 Å². The Kier molecular flexibility index (Phi) is 5.05. The Morgan fingerprint density at radius 2 is 2.33 bits per heavy atom. The molecule has 1 saturated heterocycles. The monoisotopic (exact) mass is 213 g/mol. The number of nitrogens with zero attached hydrogens (tertiary/aromatic N) is 1. The van der Waals surface area contributed by atoms with Crippen molar-refractivity contribution in [3.8, 4) is 0 Å². The molecule has 1 heterocycles. The van der Waals surface area contributed by atoms with E-state index in [0.717, 1.165) is 32.5 Å². The predicted octanol–water partition coefficient (Wildman–Crippen LogP) is 0.182. The van der Waals surface area contributed by atoms with Gasteiger partial charge in [-0.2, -0.15) is 0 Å². The van der Waals surface area contributed by atoms with Crippen LogP contribution in [0.1, 0.15) is 26.7 Å². The fourth-order valence-electron chi connectivity index (χ4n) is 1.84. The minimum atomic E-state index is 0.124. The summed E-state index contributed by atoms with van der Waals surface area (Å²) in [5, 5.41) is 2.88. The molecule has 4 heteroatoms. The van der Waals surface area contributed by atoms with Crippen molar-refractivity contribution in [1.82, 2.24) is 10.2 Å². The SMILES string of the molecule is CCCNC(=O)CN1CCC(C)C(N)C1. The van der Waals surface area contributed by atoms with Gasteiger partial charge in [0.2, 0.25) is 5.91 Å². The van der Waals surface area contributed by atoms with E-state index in [1.54, 1.807) is 0 Å². The first kappa shape index (κ1) is 12.5. The quantitative estimate of drug-likeness (QED) is 0.700. The fraction of sp³-hybridized carbons (Fsp3) is 0.909. The van der Waals surface area contributed by atoms with Crippen LogP contribution in [0.5, 0.6) is 0 Å². The molecule has 2 unspecified atom stereocenters. The number of hydrogen-bond acceptors (Lipinski definition) is 3. The zero-order valence-corrected chi connectivity index (χ0v) is 9.83. The molecule has 2 atom stereocenters. The van der Waals surface area contributed by atoms with E-state index in [2.05, 4.69) is 24.1 Å². The van der Waals surface area contributed by atoms with Crippen LogP contribution in [0, 0.1) is 5.92 Å². The van der Waals surface area contributed by atoms with Crippen molar-refractivity contribution in [1.29, 1.82) is 0 Å². The Hall–Kier alpha value is -0.610. The third-order valence-corrected chi connectivity index (χ3v) is 3.04. The molecule has 0 radical (unpaired) electrons. The van der Waals surface area contributed by atoms with Gasteiger partial charge in [0, 0.05) is 19.1 Å². The maximum Gasteiger partial charge on any atom is 0.234 e. The van der Waals surface area contributed by atoms with Gasteiger partial charge in [0.25, 0.3) is 0 Å². The molecule has 0 aromatic rings. The molecule has 4 nitrogen and oxygen atoms in total. The molecule has 1 fully saturated rings. The number of piperidine rings is 1. The van der Waals surface area contributed by atoms with Gasteiger partial charge in [-0.05, 0) is 25.3 Å². The van der Waals surface area contributed by atoms with Crippen LogP contribution in [-0.4, -0.2) is 43.0 Å². The third-order valence-electron chi connectivity index (χ3n) is 3.04. The predicted molar refractivity (Wildman–Crippen MR) is 61.5 cm³/mol. The van der Waals surface area contributed by atoms with Crippen LogP contribution in [-0.2, 0) is 4.79 Å². The Morgan fingerprint density at radius 1 is 1.60 bits per heavy atom. The smallest absolute Gasteiger partial charge is 0.234 e. The van der Waals surface area contributed by atoms with Crippen LogP contribution in [0.3, 0.4) is 0 Å². The van der Waals surface area contributed by atoms with E-state index in [4.69, 9.17) is 5.73 Å². The molecule has 3 N–H and O–H groups in total. The molecule has 0 saturated carbocycles. The van der Waals surface area contributed by atoms with Gasteiger partial charge in [0.05, 0.1) is 6.54 Å². The van der Waals surface area contributed by atoms with Gasteiger partial charge >= 0.3 is 0 Å². The molecule has 0 bridgehead atoms. The molecular weight excluding hydrogens is 190 g/mol. The molecule has 15 heavy (non-hydrogen) atoms. The molecule has 1 amide bonds. The summed E-state index contributed by atoms with van der Waals surface area (Å²) in [5.74, 6) is 0.707. The topological polar surface area (TPSA) is 58.4 Å². The Balaban J connectivity index is 2.24. The summed E-state index contributed by atoms with van der Waals surface area (Å²) >= 11 is 0. The van der Waals surface area contributed by atoms with E-state index in [0.29, 0.717) is 12.5 Å². The number of amides is 1.